The maximum Gasteiger partial charge on any atom is 0.346 e. The molecule has 10 nitrogen and oxygen atoms in total. The Morgan fingerprint density at radius 1 is 1.13 bits per heavy atom. The van der Waals surface area contributed by atoms with Gasteiger partial charge in [0.1, 0.15) is 5.75 Å². The van der Waals surface area contributed by atoms with E-state index in [0.29, 0.717) is 16.9 Å². The van der Waals surface area contributed by atoms with E-state index in [9.17, 15) is 19.5 Å². The summed E-state index contributed by atoms with van der Waals surface area (Å²) in [7, 11) is 0.280. The molecular formula is C20H23N4O6P. The lowest BCUT2D eigenvalue weighted by molar-refractivity contribution is -0.385. The molecule has 2 aromatic carbocycles. The van der Waals surface area contributed by atoms with E-state index in [0.717, 1.165) is 26.2 Å². The summed E-state index contributed by atoms with van der Waals surface area (Å²) in [5.41, 5.74) is 0.792. The van der Waals surface area contributed by atoms with Gasteiger partial charge in [-0.15, -0.1) is 0 Å². The highest BCUT2D eigenvalue weighted by atomic mass is 31.2. The van der Waals surface area contributed by atoms with Crippen LogP contribution in [-0.2, 0) is 15.7 Å². The SMILES string of the molecule is CN(C)C(=O)c1cccc(Oc2cc(COP(=O)(N3CC3)N3CC3)ccc2[N+](=O)[O-])c1. The number of hydrogen-bond donors (Lipinski definition) is 0. The summed E-state index contributed by atoms with van der Waals surface area (Å²) in [5.74, 6) is 0.115. The minimum atomic E-state index is -3.00. The molecule has 31 heavy (non-hydrogen) atoms. The van der Waals surface area contributed by atoms with Crippen LogP contribution in [-0.4, -0.2) is 65.3 Å². The van der Waals surface area contributed by atoms with Crippen molar-refractivity contribution in [2.75, 3.05) is 40.3 Å². The van der Waals surface area contributed by atoms with Crippen molar-refractivity contribution in [3.05, 3.63) is 63.7 Å². The maximum absolute atomic E-state index is 13.1. The topological polar surface area (TPSA) is 105 Å². The molecule has 0 unspecified atom stereocenters. The van der Waals surface area contributed by atoms with E-state index >= 15 is 0 Å². The summed E-state index contributed by atoms with van der Waals surface area (Å²) in [5, 5.41) is 11.5. The first-order chi connectivity index (χ1) is 14.8. The molecular weight excluding hydrogens is 423 g/mol. The third kappa shape index (κ3) is 4.77. The van der Waals surface area contributed by atoms with E-state index in [1.165, 1.54) is 23.1 Å². The molecule has 4 rings (SSSR count). The normalized spacial score (nSPS) is 16.1. The van der Waals surface area contributed by atoms with Crippen molar-refractivity contribution >= 4 is 19.3 Å². The van der Waals surface area contributed by atoms with E-state index in [4.69, 9.17) is 9.26 Å². The summed E-state index contributed by atoms with van der Waals surface area (Å²) in [6.45, 7) is 3.00. The van der Waals surface area contributed by atoms with Crippen molar-refractivity contribution < 1.29 is 23.5 Å². The Morgan fingerprint density at radius 2 is 1.81 bits per heavy atom. The lowest BCUT2D eigenvalue weighted by Crippen LogP contribution is -2.21. The number of benzene rings is 2. The van der Waals surface area contributed by atoms with Gasteiger partial charge in [-0.3, -0.25) is 19.5 Å². The van der Waals surface area contributed by atoms with Crippen LogP contribution in [0.5, 0.6) is 11.5 Å². The molecule has 2 fully saturated rings. The smallest absolute Gasteiger partial charge is 0.346 e. The molecule has 2 aromatic rings. The van der Waals surface area contributed by atoms with E-state index < -0.39 is 12.6 Å². The van der Waals surface area contributed by atoms with Crippen LogP contribution in [0.15, 0.2) is 42.5 Å². The van der Waals surface area contributed by atoms with Gasteiger partial charge in [-0.1, -0.05) is 6.07 Å². The Kier molecular flexibility index (Phi) is 5.81. The predicted molar refractivity (Wildman–Crippen MR) is 113 cm³/mol. The maximum atomic E-state index is 13.1. The molecule has 164 valence electrons. The lowest BCUT2D eigenvalue weighted by Gasteiger charge is -2.19. The molecule has 11 heteroatoms. The average molecular weight is 446 g/mol. The van der Waals surface area contributed by atoms with Crippen molar-refractivity contribution in [1.82, 2.24) is 14.2 Å². The molecule has 1 amide bonds. The third-order valence-electron chi connectivity index (χ3n) is 4.90. The van der Waals surface area contributed by atoms with Gasteiger partial charge in [-0.2, -0.15) is 0 Å². The second kappa shape index (κ2) is 8.39. The molecule has 0 spiro atoms. The van der Waals surface area contributed by atoms with Crippen LogP contribution in [0, 0.1) is 10.1 Å². The molecule has 0 bridgehead atoms. The van der Waals surface area contributed by atoms with Crippen LogP contribution >= 0.6 is 7.67 Å². The number of rotatable bonds is 9. The molecule has 0 atom stereocenters. The van der Waals surface area contributed by atoms with Crippen molar-refractivity contribution in [2.45, 2.75) is 6.61 Å². The van der Waals surface area contributed by atoms with E-state index in [2.05, 4.69) is 0 Å². The minimum absolute atomic E-state index is 0.0221. The number of carbonyl (C=O) groups is 1. The number of nitro benzene ring substituents is 1. The molecule has 2 heterocycles. The fourth-order valence-electron chi connectivity index (χ4n) is 3.05. The second-order valence-corrected chi connectivity index (χ2v) is 9.93. The fourth-order valence-corrected chi connectivity index (χ4v) is 5.25. The van der Waals surface area contributed by atoms with Crippen LogP contribution in [0.2, 0.25) is 0 Å². The highest BCUT2D eigenvalue weighted by Gasteiger charge is 2.49. The quantitative estimate of drug-likeness (QED) is 0.250. The minimum Gasteiger partial charge on any atom is -0.450 e. The van der Waals surface area contributed by atoms with Crippen molar-refractivity contribution in [3.63, 3.8) is 0 Å². The van der Waals surface area contributed by atoms with Crippen LogP contribution < -0.4 is 4.74 Å². The van der Waals surface area contributed by atoms with Crippen molar-refractivity contribution in [3.8, 4) is 11.5 Å². The van der Waals surface area contributed by atoms with Gasteiger partial charge in [-0.25, -0.2) is 9.34 Å². The highest BCUT2D eigenvalue weighted by Crippen LogP contribution is 2.61. The van der Waals surface area contributed by atoms with E-state index in [1.54, 1.807) is 47.7 Å². The molecule has 0 radical (unpaired) electrons. The third-order valence-corrected chi connectivity index (χ3v) is 7.59. The zero-order valence-electron chi connectivity index (χ0n) is 17.3. The Balaban J connectivity index is 1.55. The molecule has 0 N–H and O–H groups in total. The summed E-state index contributed by atoms with van der Waals surface area (Å²) in [6.07, 6.45) is 0. The standard InChI is InChI=1S/C20H23N4O6P/c1-21(2)20(25)16-4-3-5-17(13-16)30-19-12-15(6-7-18(19)24(26)27)14-29-31(28,22-8-9-22)23-10-11-23/h3-7,12-13H,8-11,14H2,1-2H3. The number of carbonyl (C=O) groups excluding carboxylic acids is 1. The number of nitrogens with zero attached hydrogens (tertiary/aromatic N) is 4. The Labute approximate surface area is 179 Å². The van der Waals surface area contributed by atoms with E-state index in [1.807, 2.05) is 0 Å². The first-order valence-corrected chi connectivity index (χ1v) is 11.3. The van der Waals surface area contributed by atoms with E-state index in [-0.39, 0.29) is 24.0 Å². The number of amides is 1. The average Bonchev–Trinajstić information content (AvgIpc) is 3.64. The zero-order chi connectivity index (χ0) is 22.2. The first-order valence-electron chi connectivity index (χ1n) is 9.80. The monoisotopic (exact) mass is 446 g/mol. The van der Waals surface area contributed by atoms with Gasteiger partial charge in [0.15, 0.2) is 0 Å². The number of hydrogen-bond acceptors (Lipinski definition) is 6. The van der Waals surface area contributed by atoms with Crippen molar-refractivity contribution in [1.29, 1.82) is 0 Å². The summed E-state index contributed by atoms with van der Waals surface area (Å²) in [4.78, 5) is 24.6. The number of ether oxygens (including phenoxy) is 1. The predicted octanol–water partition coefficient (Wildman–Crippen LogP) is 3.34. The lowest BCUT2D eigenvalue weighted by atomic mass is 10.2. The molecule has 0 aromatic heterocycles. The van der Waals surface area contributed by atoms with Gasteiger partial charge < -0.3 is 14.2 Å². The Hall–Kier alpha value is -2.78. The van der Waals surface area contributed by atoms with Crippen molar-refractivity contribution in [2.24, 2.45) is 0 Å². The Morgan fingerprint density at radius 3 is 2.39 bits per heavy atom. The van der Waals surface area contributed by atoms with Crippen LogP contribution in [0.1, 0.15) is 15.9 Å². The van der Waals surface area contributed by atoms with Gasteiger partial charge in [0.2, 0.25) is 5.75 Å². The Bertz CT molecular complexity index is 1050. The van der Waals surface area contributed by atoms with Crippen LogP contribution in [0.4, 0.5) is 5.69 Å². The molecule has 2 aliphatic heterocycles. The molecule has 0 aliphatic carbocycles. The van der Waals surface area contributed by atoms with Gasteiger partial charge in [-0.05, 0) is 35.9 Å². The largest absolute Gasteiger partial charge is 0.450 e. The zero-order valence-corrected chi connectivity index (χ0v) is 18.2. The summed E-state index contributed by atoms with van der Waals surface area (Å²) >= 11 is 0. The first kappa shape index (κ1) is 21.5. The van der Waals surface area contributed by atoms with Crippen LogP contribution in [0.3, 0.4) is 0 Å². The van der Waals surface area contributed by atoms with Gasteiger partial charge in [0, 0.05) is 51.9 Å². The molecule has 2 saturated heterocycles. The summed E-state index contributed by atoms with van der Waals surface area (Å²) < 4.78 is 28.2. The van der Waals surface area contributed by atoms with Gasteiger partial charge >= 0.3 is 13.4 Å². The van der Waals surface area contributed by atoms with Gasteiger partial charge in [0.05, 0.1) is 11.5 Å². The summed E-state index contributed by atoms with van der Waals surface area (Å²) in [6, 6.07) is 10.8. The van der Waals surface area contributed by atoms with Crippen LogP contribution in [0.25, 0.3) is 0 Å². The van der Waals surface area contributed by atoms with Gasteiger partial charge in [0.25, 0.3) is 5.91 Å². The highest BCUT2D eigenvalue weighted by molar-refractivity contribution is 7.54. The fraction of sp³-hybridized carbons (Fsp3) is 0.350. The molecule has 0 saturated carbocycles. The second-order valence-electron chi connectivity index (χ2n) is 7.56. The molecule has 2 aliphatic rings. The number of nitro groups is 1.